The summed E-state index contributed by atoms with van der Waals surface area (Å²) in [5, 5.41) is 18.1. The predicted molar refractivity (Wildman–Crippen MR) is 127 cm³/mol. The number of piperidine rings is 1. The molecule has 3 atom stereocenters. The highest BCUT2D eigenvalue weighted by atomic mass is 16.2. The minimum Gasteiger partial charge on any atom is -0.342 e. The minimum absolute atomic E-state index is 0.167. The number of amides is 1. The van der Waals surface area contributed by atoms with E-state index in [9.17, 15) is 4.79 Å². The van der Waals surface area contributed by atoms with E-state index in [0.717, 1.165) is 36.9 Å². The Morgan fingerprint density at radius 2 is 2.03 bits per heavy atom. The third-order valence-electron chi connectivity index (χ3n) is 6.06. The summed E-state index contributed by atoms with van der Waals surface area (Å²) in [5.74, 6) is 0.365. The predicted octanol–water partition coefficient (Wildman–Crippen LogP) is 4.48. The molecule has 1 aliphatic heterocycles. The summed E-state index contributed by atoms with van der Waals surface area (Å²) in [6.45, 7) is 4.50. The van der Waals surface area contributed by atoms with Gasteiger partial charge in [-0.2, -0.15) is 5.26 Å². The van der Waals surface area contributed by atoms with Crippen LogP contribution in [0.15, 0.2) is 41.5 Å². The Morgan fingerprint density at radius 1 is 1.26 bits per heavy atom. The van der Waals surface area contributed by atoms with Gasteiger partial charge in [-0.05, 0) is 81.6 Å². The average molecular weight is 420 g/mol. The topological polar surface area (TPSA) is 89.3 Å². The van der Waals surface area contributed by atoms with Gasteiger partial charge in [-0.15, -0.1) is 0 Å². The number of benzene rings is 1. The van der Waals surface area contributed by atoms with Crippen LogP contribution in [0.2, 0.25) is 0 Å². The maximum Gasteiger partial charge on any atom is 0.291 e. The monoisotopic (exact) mass is 419 g/mol. The molecule has 3 N–H and O–H groups in total. The Morgan fingerprint density at radius 3 is 2.68 bits per heavy atom. The molecule has 1 amide bonds. The van der Waals surface area contributed by atoms with Crippen molar-refractivity contribution in [1.82, 2.24) is 10.6 Å². The lowest BCUT2D eigenvalue weighted by molar-refractivity contribution is -0.110. The van der Waals surface area contributed by atoms with Crippen LogP contribution in [-0.2, 0) is 4.79 Å². The Bertz CT molecular complexity index is 914. The van der Waals surface area contributed by atoms with Gasteiger partial charge in [0.1, 0.15) is 0 Å². The van der Waals surface area contributed by atoms with Gasteiger partial charge in [-0.3, -0.25) is 9.79 Å². The van der Waals surface area contributed by atoms with E-state index in [2.05, 4.69) is 53.0 Å². The van der Waals surface area contributed by atoms with E-state index >= 15 is 0 Å². The van der Waals surface area contributed by atoms with Crippen molar-refractivity contribution in [3.05, 3.63) is 47.7 Å². The molecular formula is C25H33N5O. The highest BCUT2D eigenvalue weighted by Crippen LogP contribution is 2.37. The number of nitriles is 1. The lowest BCUT2D eigenvalue weighted by atomic mass is 9.82. The van der Waals surface area contributed by atoms with Crippen LogP contribution in [0, 0.1) is 11.3 Å². The second kappa shape index (κ2) is 10.9. The van der Waals surface area contributed by atoms with E-state index in [1.54, 1.807) is 7.05 Å². The first kappa shape index (κ1) is 22.8. The molecule has 0 aromatic heterocycles. The number of amidine groups is 1. The number of nitrogens with zero attached hydrogens (tertiary/aromatic N) is 2. The number of aliphatic imine (C=N–C) groups is 1. The summed E-state index contributed by atoms with van der Waals surface area (Å²) in [5.41, 5.74) is 4.58. The van der Waals surface area contributed by atoms with Gasteiger partial charge in [0.25, 0.3) is 5.91 Å². The Hall–Kier alpha value is -2.91. The van der Waals surface area contributed by atoms with Gasteiger partial charge in [0, 0.05) is 42.7 Å². The zero-order valence-electron chi connectivity index (χ0n) is 18.7. The fourth-order valence-corrected chi connectivity index (χ4v) is 4.69. The van der Waals surface area contributed by atoms with Crippen LogP contribution >= 0.6 is 0 Å². The molecule has 0 spiro atoms. The molecule has 1 heterocycles. The third-order valence-corrected chi connectivity index (χ3v) is 6.06. The summed E-state index contributed by atoms with van der Waals surface area (Å²) in [6, 6.07) is 9.37. The molecule has 6 nitrogen and oxygen atoms in total. The number of nitrogens with one attached hydrogen (secondary N) is 3. The second-order valence-electron chi connectivity index (χ2n) is 8.55. The molecule has 1 aromatic rings. The fourth-order valence-electron chi connectivity index (χ4n) is 4.69. The zero-order valence-corrected chi connectivity index (χ0v) is 18.7. The number of anilines is 1. The quantitative estimate of drug-likeness (QED) is 0.381. The Balaban J connectivity index is 1.89. The van der Waals surface area contributed by atoms with E-state index in [0.29, 0.717) is 18.0 Å². The summed E-state index contributed by atoms with van der Waals surface area (Å²) < 4.78 is 0. The number of hydrogen-bond donors (Lipinski definition) is 3. The Kier molecular flexibility index (Phi) is 8.02. The number of rotatable bonds is 4. The van der Waals surface area contributed by atoms with Crippen LogP contribution < -0.4 is 16.0 Å². The summed E-state index contributed by atoms with van der Waals surface area (Å²) in [7, 11) is 1.55. The summed E-state index contributed by atoms with van der Waals surface area (Å²) >= 11 is 0. The first-order valence-electron chi connectivity index (χ1n) is 11.2. The highest BCUT2D eigenvalue weighted by molar-refractivity contribution is 6.42. The standard InChI is InChI=1S/C25H33N5O/c1-17-14-21(15-18(2)29-17)20-10-11-23(22(16-20)19-8-5-4-6-9-19)30-25(31)24(27-3)28-13-7-12-26/h7-8,10-11,13,16-18,21,29H,4-6,9,14-15H2,1-3H3,(H,27,28)(H,30,31)/b13-7+/t17-,18?,21?/m0/s1. The van der Waals surface area contributed by atoms with E-state index in [1.807, 2.05) is 12.1 Å². The molecule has 0 radical (unpaired) electrons. The molecule has 1 saturated heterocycles. The molecule has 1 fully saturated rings. The van der Waals surface area contributed by atoms with Crippen molar-refractivity contribution in [2.45, 2.75) is 70.4 Å². The molecule has 0 saturated carbocycles. The van der Waals surface area contributed by atoms with Gasteiger partial charge in [-0.25, -0.2) is 0 Å². The SMILES string of the molecule is CN=C(N/C=C/C#N)C(=O)Nc1ccc(C2CC(C)N[C@@H](C)C2)cc1C1=CCCCC1. The smallest absolute Gasteiger partial charge is 0.291 e. The first-order valence-corrected chi connectivity index (χ1v) is 11.2. The summed E-state index contributed by atoms with van der Waals surface area (Å²) in [6.07, 6.45) is 11.7. The molecule has 31 heavy (non-hydrogen) atoms. The van der Waals surface area contributed by atoms with Crippen LogP contribution in [0.1, 0.15) is 69.4 Å². The van der Waals surface area contributed by atoms with E-state index in [-0.39, 0.29) is 11.7 Å². The van der Waals surface area contributed by atoms with Crippen LogP contribution in [-0.4, -0.2) is 30.9 Å². The highest BCUT2D eigenvalue weighted by Gasteiger charge is 2.25. The molecule has 1 aliphatic carbocycles. The fraction of sp³-hybridized carbons (Fsp3) is 0.480. The molecule has 164 valence electrons. The van der Waals surface area contributed by atoms with E-state index < -0.39 is 0 Å². The number of allylic oxidation sites excluding steroid dienone is 3. The Labute approximate surface area is 185 Å². The largest absolute Gasteiger partial charge is 0.342 e. The van der Waals surface area contributed by atoms with Crippen LogP contribution in [0.25, 0.3) is 5.57 Å². The molecule has 3 rings (SSSR count). The molecule has 6 heteroatoms. The van der Waals surface area contributed by atoms with Crippen molar-refractivity contribution in [3.8, 4) is 6.07 Å². The van der Waals surface area contributed by atoms with Gasteiger partial charge in [-0.1, -0.05) is 12.1 Å². The number of hydrogen-bond acceptors (Lipinski definition) is 4. The normalized spacial score (nSPS) is 24.4. The zero-order chi connectivity index (χ0) is 22.2. The number of carbonyl (C=O) groups excluding carboxylic acids is 1. The van der Waals surface area contributed by atoms with Gasteiger partial charge in [0.15, 0.2) is 5.84 Å². The van der Waals surface area contributed by atoms with Crippen LogP contribution in [0.4, 0.5) is 5.69 Å². The van der Waals surface area contributed by atoms with Crippen molar-refractivity contribution in [2.24, 2.45) is 4.99 Å². The van der Waals surface area contributed by atoms with Crippen molar-refractivity contribution in [3.63, 3.8) is 0 Å². The molecule has 0 bridgehead atoms. The molecular weight excluding hydrogens is 386 g/mol. The van der Waals surface area contributed by atoms with Crippen molar-refractivity contribution < 1.29 is 4.79 Å². The maximum absolute atomic E-state index is 12.8. The number of carbonyl (C=O) groups is 1. The lowest BCUT2D eigenvalue weighted by Crippen LogP contribution is -2.41. The average Bonchev–Trinajstić information content (AvgIpc) is 2.77. The van der Waals surface area contributed by atoms with Crippen LogP contribution in [0.3, 0.4) is 0 Å². The van der Waals surface area contributed by atoms with Gasteiger partial charge < -0.3 is 16.0 Å². The van der Waals surface area contributed by atoms with Crippen molar-refractivity contribution >= 4 is 23.0 Å². The van der Waals surface area contributed by atoms with Gasteiger partial charge >= 0.3 is 0 Å². The van der Waals surface area contributed by atoms with Gasteiger partial charge in [0.2, 0.25) is 0 Å². The first-order chi connectivity index (χ1) is 15.0. The second-order valence-corrected chi connectivity index (χ2v) is 8.55. The molecule has 1 aromatic carbocycles. The molecule has 2 unspecified atom stereocenters. The van der Waals surface area contributed by atoms with Crippen molar-refractivity contribution in [1.29, 1.82) is 5.26 Å². The lowest BCUT2D eigenvalue weighted by Gasteiger charge is -2.33. The minimum atomic E-state index is -0.320. The third kappa shape index (κ3) is 6.05. The van der Waals surface area contributed by atoms with E-state index in [1.165, 1.54) is 36.3 Å². The summed E-state index contributed by atoms with van der Waals surface area (Å²) in [4.78, 5) is 16.8. The van der Waals surface area contributed by atoms with Gasteiger partial charge in [0.05, 0.1) is 6.07 Å². The van der Waals surface area contributed by atoms with Crippen molar-refractivity contribution in [2.75, 3.05) is 12.4 Å². The maximum atomic E-state index is 12.8. The van der Waals surface area contributed by atoms with Crippen LogP contribution in [0.5, 0.6) is 0 Å². The van der Waals surface area contributed by atoms with E-state index in [4.69, 9.17) is 5.26 Å². The molecule has 2 aliphatic rings.